The van der Waals surface area contributed by atoms with Crippen LogP contribution in [0.2, 0.25) is 0 Å². The van der Waals surface area contributed by atoms with E-state index in [4.69, 9.17) is 14.2 Å². The Labute approximate surface area is 146 Å². The minimum atomic E-state index is -0.780. The second-order valence-electron chi connectivity index (χ2n) is 6.10. The van der Waals surface area contributed by atoms with E-state index in [1.807, 2.05) is 26.8 Å². The number of imide groups is 1. The van der Waals surface area contributed by atoms with Crippen molar-refractivity contribution in [3.05, 3.63) is 35.5 Å². The molecule has 6 nitrogen and oxygen atoms in total. The number of nitrogens with zero attached hydrogens (tertiary/aromatic N) is 1. The Hall–Kier alpha value is -1.89. The summed E-state index contributed by atoms with van der Waals surface area (Å²) in [5.41, 5.74) is 0.595. The standard InChI is InChI=1S/C17H23NO5S/c1-5-24-10-9-22-15(19)18(4)16(20)23-14-13-12(7-6-8-21-13)11-17(14,2)3/h6-8H,5,9-11H2,1-4H3. The zero-order valence-electron chi connectivity index (χ0n) is 14.5. The van der Waals surface area contributed by atoms with Gasteiger partial charge in [-0.25, -0.2) is 14.5 Å². The Morgan fingerprint density at radius 3 is 2.83 bits per heavy atom. The maximum absolute atomic E-state index is 12.3. The number of thioether (sulfide) groups is 1. The lowest BCUT2D eigenvalue weighted by Crippen LogP contribution is -2.35. The zero-order chi connectivity index (χ0) is 17.7. The molecule has 0 aromatic heterocycles. The van der Waals surface area contributed by atoms with Gasteiger partial charge < -0.3 is 14.2 Å². The van der Waals surface area contributed by atoms with E-state index in [1.165, 1.54) is 13.3 Å². The van der Waals surface area contributed by atoms with Gasteiger partial charge in [-0.05, 0) is 23.8 Å². The van der Waals surface area contributed by atoms with Crippen molar-refractivity contribution in [3.8, 4) is 0 Å². The summed E-state index contributed by atoms with van der Waals surface area (Å²) in [4.78, 5) is 25.0. The average Bonchev–Trinajstić information content (AvgIpc) is 2.81. The first-order valence-corrected chi connectivity index (χ1v) is 9.00. The molecule has 0 saturated carbocycles. The highest BCUT2D eigenvalue weighted by Gasteiger charge is 2.41. The van der Waals surface area contributed by atoms with Gasteiger partial charge in [0.25, 0.3) is 0 Å². The van der Waals surface area contributed by atoms with Crippen LogP contribution in [0.5, 0.6) is 0 Å². The molecule has 0 spiro atoms. The van der Waals surface area contributed by atoms with E-state index < -0.39 is 12.2 Å². The van der Waals surface area contributed by atoms with Gasteiger partial charge in [0.2, 0.25) is 0 Å². The van der Waals surface area contributed by atoms with Crippen LogP contribution in [0.25, 0.3) is 0 Å². The second kappa shape index (κ2) is 7.79. The van der Waals surface area contributed by atoms with Crippen LogP contribution < -0.4 is 0 Å². The van der Waals surface area contributed by atoms with E-state index in [0.717, 1.165) is 16.2 Å². The number of carbonyl (C=O) groups excluding carboxylic acids is 2. The normalized spacial score (nSPS) is 17.8. The van der Waals surface area contributed by atoms with Gasteiger partial charge in [-0.1, -0.05) is 26.8 Å². The van der Waals surface area contributed by atoms with Gasteiger partial charge in [-0.3, -0.25) is 0 Å². The van der Waals surface area contributed by atoms with Crippen molar-refractivity contribution < 1.29 is 23.8 Å². The van der Waals surface area contributed by atoms with Gasteiger partial charge in [0.1, 0.15) is 6.61 Å². The highest BCUT2D eigenvalue weighted by Crippen LogP contribution is 2.47. The van der Waals surface area contributed by atoms with Gasteiger partial charge in [0.05, 0.1) is 6.26 Å². The molecule has 24 heavy (non-hydrogen) atoms. The van der Waals surface area contributed by atoms with Crippen LogP contribution in [0, 0.1) is 5.41 Å². The molecule has 2 amide bonds. The van der Waals surface area contributed by atoms with Crippen LogP contribution in [0.15, 0.2) is 35.5 Å². The smallest absolute Gasteiger partial charge is 0.424 e. The number of amides is 2. The molecule has 0 aromatic carbocycles. The minimum Gasteiger partial charge on any atom is -0.461 e. The summed E-state index contributed by atoms with van der Waals surface area (Å²) < 4.78 is 16.0. The fourth-order valence-electron chi connectivity index (χ4n) is 2.46. The molecule has 7 heteroatoms. The largest absolute Gasteiger partial charge is 0.461 e. The number of rotatable bonds is 5. The van der Waals surface area contributed by atoms with E-state index >= 15 is 0 Å². The summed E-state index contributed by atoms with van der Waals surface area (Å²) in [5.74, 6) is 2.63. The number of ether oxygens (including phenoxy) is 3. The van der Waals surface area contributed by atoms with E-state index in [-0.39, 0.29) is 12.0 Å². The molecule has 1 aliphatic carbocycles. The van der Waals surface area contributed by atoms with Crippen LogP contribution in [-0.4, -0.2) is 42.2 Å². The lowest BCUT2D eigenvalue weighted by molar-refractivity contribution is 0.0901. The maximum Gasteiger partial charge on any atom is 0.424 e. The number of fused-ring (bicyclic) bond motifs is 1. The summed E-state index contributed by atoms with van der Waals surface area (Å²) in [5, 5.41) is 0. The molecule has 0 radical (unpaired) electrons. The maximum atomic E-state index is 12.3. The molecule has 0 saturated heterocycles. The van der Waals surface area contributed by atoms with Crippen molar-refractivity contribution in [3.63, 3.8) is 0 Å². The molecule has 0 fully saturated rings. The van der Waals surface area contributed by atoms with E-state index in [2.05, 4.69) is 0 Å². The van der Waals surface area contributed by atoms with Gasteiger partial charge in [0.15, 0.2) is 11.5 Å². The second-order valence-corrected chi connectivity index (χ2v) is 7.49. The molecule has 0 atom stereocenters. The lowest BCUT2D eigenvalue weighted by Gasteiger charge is -2.23. The molecule has 2 aliphatic rings. The summed E-state index contributed by atoms with van der Waals surface area (Å²) >= 11 is 1.66. The van der Waals surface area contributed by atoms with Crippen molar-refractivity contribution in [2.75, 3.05) is 25.2 Å². The zero-order valence-corrected chi connectivity index (χ0v) is 15.3. The molecular weight excluding hydrogens is 330 g/mol. The van der Waals surface area contributed by atoms with Crippen LogP contribution in [0.3, 0.4) is 0 Å². The third-order valence-corrected chi connectivity index (χ3v) is 4.56. The number of hydrogen-bond acceptors (Lipinski definition) is 6. The first-order valence-electron chi connectivity index (χ1n) is 7.84. The molecular formula is C17H23NO5S. The SMILES string of the molecule is CCSCCOC(=O)N(C)C(=O)OC1=C2OC=CC=C2CC1(C)C. The van der Waals surface area contributed by atoms with Crippen molar-refractivity contribution in [1.82, 2.24) is 4.90 Å². The third-order valence-electron chi connectivity index (χ3n) is 3.70. The molecule has 2 rings (SSSR count). The summed E-state index contributed by atoms with van der Waals surface area (Å²) in [6.45, 7) is 6.21. The average molecular weight is 353 g/mol. The van der Waals surface area contributed by atoms with Crippen molar-refractivity contribution in [1.29, 1.82) is 0 Å². The van der Waals surface area contributed by atoms with Gasteiger partial charge in [0, 0.05) is 18.2 Å². The Bertz CT molecular complexity index is 606. The highest BCUT2D eigenvalue weighted by atomic mass is 32.2. The number of allylic oxidation sites excluding steroid dienone is 4. The van der Waals surface area contributed by atoms with Gasteiger partial charge >= 0.3 is 12.2 Å². The van der Waals surface area contributed by atoms with Crippen molar-refractivity contribution in [2.24, 2.45) is 5.41 Å². The predicted molar refractivity (Wildman–Crippen MR) is 92.3 cm³/mol. The molecule has 0 bridgehead atoms. The Morgan fingerprint density at radius 2 is 2.12 bits per heavy atom. The quantitative estimate of drug-likeness (QED) is 0.695. The van der Waals surface area contributed by atoms with Crippen LogP contribution in [0.1, 0.15) is 27.2 Å². The van der Waals surface area contributed by atoms with Gasteiger partial charge in [-0.2, -0.15) is 11.8 Å². The van der Waals surface area contributed by atoms with Crippen molar-refractivity contribution in [2.45, 2.75) is 27.2 Å². The van der Waals surface area contributed by atoms with Crippen LogP contribution in [-0.2, 0) is 14.2 Å². The predicted octanol–water partition coefficient (Wildman–Crippen LogP) is 4.06. The van der Waals surface area contributed by atoms with Crippen molar-refractivity contribution >= 4 is 23.9 Å². The molecule has 0 unspecified atom stereocenters. The minimum absolute atomic E-state index is 0.259. The first-order chi connectivity index (χ1) is 11.4. The fraction of sp³-hybridized carbons (Fsp3) is 0.529. The molecule has 1 aliphatic heterocycles. The Kier molecular flexibility index (Phi) is 5.99. The Morgan fingerprint density at radius 1 is 1.38 bits per heavy atom. The Balaban J connectivity index is 1.99. The van der Waals surface area contributed by atoms with E-state index in [0.29, 0.717) is 23.7 Å². The lowest BCUT2D eigenvalue weighted by atomic mass is 9.90. The molecule has 0 N–H and O–H groups in total. The topological polar surface area (TPSA) is 65.1 Å². The monoisotopic (exact) mass is 353 g/mol. The summed E-state index contributed by atoms with van der Waals surface area (Å²) in [6.07, 6.45) is 4.48. The van der Waals surface area contributed by atoms with Crippen LogP contribution in [0.4, 0.5) is 9.59 Å². The molecule has 1 heterocycles. The number of carbonyl (C=O) groups is 2. The van der Waals surface area contributed by atoms with Crippen LogP contribution >= 0.6 is 11.8 Å². The van der Waals surface area contributed by atoms with E-state index in [1.54, 1.807) is 17.8 Å². The number of hydrogen-bond donors (Lipinski definition) is 0. The first kappa shape index (κ1) is 18.4. The van der Waals surface area contributed by atoms with Gasteiger partial charge in [-0.15, -0.1) is 0 Å². The highest BCUT2D eigenvalue weighted by molar-refractivity contribution is 7.99. The molecule has 0 aromatic rings. The third kappa shape index (κ3) is 4.14. The fourth-order valence-corrected chi connectivity index (χ4v) is 2.95. The molecule has 132 valence electrons. The summed E-state index contributed by atoms with van der Waals surface area (Å²) in [7, 11) is 1.34. The summed E-state index contributed by atoms with van der Waals surface area (Å²) in [6, 6.07) is 0. The van der Waals surface area contributed by atoms with E-state index in [9.17, 15) is 9.59 Å².